The van der Waals surface area contributed by atoms with Gasteiger partial charge >= 0.3 is 12.1 Å². The first-order valence-corrected chi connectivity index (χ1v) is 11.7. The molecule has 3 aromatic rings. The number of ether oxygens (including phenoxy) is 1. The van der Waals surface area contributed by atoms with E-state index in [-0.39, 0.29) is 31.4 Å². The molecule has 1 aliphatic carbocycles. The molecule has 35 heavy (non-hydrogen) atoms. The highest BCUT2D eigenvalue weighted by atomic mass is 16.5. The average molecular weight is 473 g/mol. The van der Waals surface area contributed by atoms with Crippen molar-refractivity contribution in [3.8, 4) is 11.1 Å². The summed E-state index contributed by atoms with van der Waals surface area (Å²) in [5.74, 6) is -1.47. The molecule has 180 valence electrons. The number of nitrogens with zero attached hydrogens (tertiary/aromatic N) is 1. The van der Waals surface area contributed by atoms with E-state index in [0.29, 0.717) is 12.1 Å². The minimum atomic E-state index is -0.989. The number of carboxylic acid groups (broad SMARTS) is 1. The van der Waals surface area contributed by atoms with E-state index in [0.717, 1.165) is 22.3 Å². The summed E-state index contributed by atoms with van der Waals surface area (Å²) in [7, 11) is 0. The summed E-state index contributed by atoms with van der Waals surface area (Å²) in [5.41, 5.74) is 5.06. The molecule has 1 aliphatic rings. The fourth-order valence-electron chi connectivity index (χ4n) is 4.53. The van der Waals surface area contributed by atoms with Crippen LogP contribution in [0.15, 0.2) is 78.9 Å². The Morgan fingerprint density at radius 3 is 2.06 bits per heavy atom. The minimum Gasteiger partial charge on any atom is -0.481 e. The molecule has 7 heteroatoms. The highest BCUT2D eigenvalue weighted by molar-refractivity contribution is 5.87. The van der Waals surface area contributed by atoms with E-state index in [1.807, 2.05) is 42.5 Å². The molecule has 0 aliphatic heterocycles. The number of aliphatic carboxylic acids is 1. The van der Waals surface area contributed by atoms with Crippen LogP contribution < -0.4 is 5.32 Å². The van der Waals surface area contributed by atoms with Gasteiger partial charge in [0.2, 0.25) is 5.91 Å². The Balaban J connectivity index is 1.49. The van der Waals surface area contributed by atoms with Crippen LogP contribution in [-0.2, 0) is 14.3 Å². The molecular weight excluding hydrogens is 444 g/mol. The minimum absolute atomic E-state index is 0.0559. The van der Waals surface area contributed by atoms with Gasteiger partial charge in [0, 0.05) is 19.0 Å². The second kappa shape index (κ2) is 10.9. The van der Waals surface area contributed by atoms with E-state index < -0.39 is 18.1 Å². The average Bonchev–Trinajstić information content (AvgIpc) is 3.20. The quantitative estimate of drug-likeness (QED) is 0.475. The molecule has 0 saturated heterocycles. The van der Waals surface area contributed by atoms with Gasteiger partial charge in [-0.2, -0.15) is 0 Å². The summed E-state index contributed by atoms with van der Waals surface area (Å²) in [5, 5.41) is 11.7. The molecule has 3 aromatic carbocycles. The highest BCUT2D eigenvalue weighted by Crippen LogP contribution is 2.44. The number of alkyl carbamates (subject to hydrolysis) is 1. The molecule has 7 nitrogen and oxygen atoms in total. The Kier molecular flexibility index (Phi) is 7.45. The first kappa shape index (κ1) is 24.0. The lowest BCUT2D eigenvalue weighted by Crippen LogP contribution is -2.44. The van der Waals surface area contributed by atoms with Crippen LogP contribution in [0.3, 0.4) is 0 Å². The molecule has 0 aromatic heterocycles. The van der Waals surface area contributed by atoms with Crippen LogP contribution in [0.4, 0.5) is 4.79 Å². The molecule has 0 radical (unpaired) electrons. The predicted molar refractivity (Wildman–Crippen MR) is 132 cm³/mol. The van der Waals surface area contributed by atoms with Crippen LogP contribution in [0.1, 0.15) is 42.0 Å². The summed E-state index contributed by atoms with van der Waals surface area (Å²) >= 11 is 0. The Bertz CT molecular complexity index is 1170. The van der Waals surface area contributed by atoms with Gasteiger partial charge in [0.1, 0.15) is 12.6 Å². The van der Waals surface area contributed by atoms with Gasteiger partial charge in [0.15, 0.2) is 0 Å². The van der Waals surface area contributed by atoms with Gasteiger partial charge in [-0.1, -0.05) is 78.9 Å². The fraction of sp³-hybridized carbons (Fsp3) is 0.250. The van der Waals surface area contributed by atoms with E-state index in [1.54, 1.807) is 31.2 Å². The third-order valence-corrected chi connectivity index (χ3v) is 6.27. The maximum Gasteiger partial charge on any atom is 0.408 e. The van der Waals surface area contributed by atoms with Gasteiger partial charge in [-0.25, -0.2) is 4.79 Å². The zero-order chi connectivity index (χ0) is 24.8. The first-order chi connectivity index (χ1) is 17.0. The Labute approximate surface area is 204 Å². The van der Waals surface area contributed by atoms with Gasteiger partial charge in [-0.15, -0.1) is 0 Å². The summed E-state index contributed by atoms with van der Waals surface area (Å²) in [6.45, 7) is 2.28. The van der Waals surface area contributed by atoms with Gasteiger partial charge in [0.05, 0.1) is 6.42 Å². The van der Waals surface area contributed by atoms with Crippen LogP contribution in [0.2, 0.25) is 0 Å². The molecular formula is C28H28N2O5. The molecule has 0 bridgehead atoms. The second-order valence-corrected chi connectivity index (χ2v) is 8.38. The van der Waals surface area contributed by atoms with Crippen molar-refractivity contribution < 1.29 is 24.2 Å². The topological polar surface area (TPSA) is 95.9 Å². The molecule has 0 fully saturated rings. The van der Waals surface area contributed by atoms with Crippen LogP contribution in [-0.4, -0.2) is 47.7 Å². The number of carbonyl (C=O) groups is 3. The van der Waals surface area contributed by atoms with Gasteiger partial charge in [-0.3, -0.25) is 9.59 Å². The summed E-state index contributed by atoms with van der Waals surface area (Å²) < 4.78 is 5.64. The summed E-state index contributed by atoms with van der Waals surface area (Å²) in [4.78, 5) is 38.6. The van der Waals surface area contributed by atoms with E-state index in [2.05, 4.69) is 17.4 Å². The monoisotopic (exact) mass is 472 g/mol. The van der Waals surface area contributed by atoms with Gasteiger partial charge in [-0.05, 0) is 34.7 Å². The molecule has 2 N–H and O–H groups in total. The second-order valence-electron chi connectivity index (χ2n) is 8.38. The molecule has 0 heterocycles. The SMILES string of the molecule is CCN(CCC(=O)O)C(=O)[C@H](NC(=O)OCC1c2ccccc2-c2ccccc21)c1ccccc1. The van der Waals surface area contributed by atoms with E-state index in [4.69, 9.17) is 9.84 Å². The summed E-state index contributed by atoms with van der Waals surface area (Å²) in [6.07, 6.45) is -0.880. The zero-order valence-electron chi connectivity index (χ0n) is 19.5. The van der Waals surface area contributed by atoms with Crippen molar-refractivity contribution in [3.05, 3.63) is 95.6 Å². The van der Waals surface area contributed by atoms with Gasteiger partial charge in [0.25, 0.3) is 0 Å². The number of nitrogens with one attached hydrogen (secondary N) is 1. The number of likely N-dealkylation sites (N-methyl/N-ethyl adjacent to an activating group) is 1. The third kappa shape index (κ3) is 5.35. The van der Waals surface area contributed by atoms with Crippen molar-refractivity contribution in [1.29, 1.82) is 0 Å². The smallest absolute Gasteiger partial charge is 0.408 e. The van der Waals surface area contributed by atoms with Crippen molar-refractivity contribution in [2.24, 2.45) is 0 Å². The number of fused-ring (bicyclic) bond motifs is 3. The van der Waals surface area contributed by atoms with Crippen molar-refractivity contribution in [1.82, 2.24) is 10.2 Å². The third-order valence-electron chi connectivity index (χ3n) is 6.27. The standard InChI is InChI=1S/C28H28N2O5/c1-2-30(17-16-25(31)32)27(33)26(19-10-4-3-5-11-19)29-28(34)35-18-24-22-14-8-6-12-20(22)21-13-7-9-15-23(21)24/h3-15,24,26H,2,16-18H2,1H3,(H,29,34)(H,31,32)/t26-/m1/s1. The number of rotatable bonds is 9. The first-order valence-electron chi connectivity index (χ1n) is 11.7. The molecule has 4 rings (SSSR count). The van der Waals surface area contributed by atoms with Crippen LogP contribution in [0.5, 0.6) is 0 Å². The lowest BCUT2D eigenvalue weighted by atomic mass is 9.98. The maximum absolute atomic E-state index is 13.3. The number of amides is 2. The molecule has 1 atom stereocenters. The largest absolute Gasteiger partial charge is 0.481 e. The number of benzene rings is 3. The molecule has 0 saturated carbocycles. The van der Waals surface area contributed by atoms with Crippen LogP contribution in [0, 0.1) is 0 Å². The molecule has 0 unspecified atom stereocenters. The van der Waals surface area contributed by atoms with Crippen LogP contribution >= 0.6 is 0 Å². The lowest BCUT2D eigenvalue weighted by Gasteiger charge is -2.27. The fourth-order valence-corrected chi connectivity index (χ4v) is 4.53. The predicted octanol–water partition coefficient (Wildman–Crippen LogP) is 4.59. The zero-order valence-corrected chi connectivity index (χ0v) is 19.5. The lowest BCUT2D eigenvalue weighted by molar-refractivity contribution is -0.139. The van der Waals surface area contributed by atoms with Crippen LogP contribution in [0.25, 0.3) is 11.1 Å². The van der Waals surface area contributed by atoms with E-state index >= 15 is 0 Å². The van der Waals surface area contributed by atoms with Crippen molar-refractivity contribution in [3.63, 3.8) is 0 Å². The number of hydrogen-bond acceptors (Lipinski definition) is 4. The molecule has 2 amide bonds. The number of carbonyl (C=O) groups excluding carboxylic acids is 2. The Morgan fingerprint density at radius 2 is 1.49 bits per heavy atom. The van der Waals surface area contributed by atoms with Crippen molar-refractivity contribution in [2.45, 2.75) is 25.3 Å². The number of carboxylic acids is 1. The number of hydrogen-bond donors (Lipinski definition) is 2. The van der Waals surface area contributed by atoms with E-state index in [9.17, 15) is 14.4 Å². The Morgan fingerprint density at radius 1 is 0.914 bits per heavy atom. The van der Waals surface area contributed by atoms with Crippen molar-refractivity contribution >= 4 is 18.0 Å². The van der Waals surface area contributed by atoms with Gasteiger partial charge < -0.3 is 20.1 Å². The normalized spacial score (nSPS) is 12.8. The highest BCUT2D eigenvalue weighted by Gasteiger charge is 2.31. The van der Waals surface area contributed by atoms with Crippen molar-refractivity contribution in [2.75, 3.05) is 19.7 Å². The Hall–Kier alpha value is -4.13. The van der Waals surface area contributed by atoms with E-state index in [1.165, 1.54) is 4.90 Å². The summed E-state index contributed by atoms with van der Waals surface area (Å²) in [6, 6.07) is 24.0. The maximum atomic E-state index is 13.3. The molecule has 0 spiro atoms.